The number of phenolic OH excluding ortho intramolecular Hbond substituents is 3. The van der Waals surface area contributed by atoms with Crippen LogP contribution in [0.3, 0.4) is 0 Å². The van der Waals surface area contributed by atoms with E-state index < -0.39 is 32.2 Å². The summed E-state index contributed by atoms with van der Waals surface area (Å²) in [5.74, 6) is -2.42. The van der Waals surface area contributed by atoms with E-state index >= 15 is 0 Å². The molecule has 2 aromatic carbocycles. The summed E-state index contributed by atoms with van der Waals surface area (Å²) < 4.78 is 27.2. The van der Waals surface area contributed by atoms with Gasteiger partial charge in [0.15, 0.2) is 11.5 Å². The third-order valence-corrected chi connectivity index (χ3v) is 5.18. The van der Waals surface area contributed by atoms with Crippen molar-refractivity contribution in [2.24, 2.45) is 0 Å². The lowest BCUT2D eigenvalue weighted by atomic mass is 10.0. The molecule has 0 atom stereocenters. The molecule has 24 heavy (non-hydrogen) atoms. The lowest BCUT2D eigenvalue weighted by Gasteiger charge is -2.15. The Morgan fingerprint density at radius 3 is 2.21 bits per heavy atom. The van der Waals surface area contributed by atoms with Crippen molar-refractivity contribution in [2.75, 3.05) is 6.54 Å². The van der Waals surface area contributed by atoms with Crippen LogP contribution >= 0.6 is 0 Å². The Hall–Kier alpha value is -2.25. The Morgan fingerprint density at radius 1 is 1.00 bits per heavy atom. The Kier molecular flexibility index (Phi) is 5.36. The average Bonchev–Trinajstić information content (AvgIpc) is 2.53. The van der Waals surface area contributed by atoms with Crippen molar-refractivity contribution in [3.05, 3.63) is 47.5 Å². The first-order valence-electron chi connectivity index (χ1n) is 7.55. The van der Waals surface area contributed by atoms with Gasteiger partial charge in [0.1, 0.15) is 4.90 Å². The molecule has 0 aliphatic carbocycles. The highest BCUT2D eigenvalue weighted by Gasteiger charge is 2.26. The van der Waals surface area contributed by atoms with Crippen LogP contribution < -0.4 is 4.72 Å². The van der Waals surface area contributed by atoms with Crippen molar-refractivity contribution in [3.8, 4) is 17.2 Å². The van der Waals surface area contributed by atoms with E-state index in [1.807, 2.05) is 30.3 Å². The molecule has 0 bridgehead atoms. The number of hydrogen-bond acceptors (Lipinski definition) is 5. The quantitative estimate of drug-likeness (QED) is 0.598. The summed E-state index contributed by atoms with van der Waals surface area (Å²) in [7, 11) is -4.03. The molecule has 0 saturated carbocycles. The molecule has 0 aromatic heterocycles. The first-order valence-corrected chi connectivity index (χ1v) is 9.03. The summed E-state index contributed by atoms with van der Waals surface area (Å²) in [6.07, 6.45) is 0.488. The summed E-state index contributed by atoms with van der Waals surface area (Å²) in [5.41, 5.74) is 1.22. The normalized spacial score (nSPS) is 11.8. The number of nitrogens with one attached hydrogen (secondary N) is 1. The van der Waals surface area contributed by atoms with Crippen LogP contribution in [0.15, 0.2) is 41.3 Å². The lowest BCUT2D eigenvalue weighted by Crippen LogP contribution is -2.26. The predicted octanol–water partition coefficient (Wildman–Crippen LogP) is 2.45. The van der Waals surface area contributed by atoms with E-state index in [0.717, 1.165) is 5.56 Å². The Labute approximate surface area is 141 Å². The number of phenols is 3. The van der Waals surface area contributed by atoms with Crippen LogP contribution in [-0.4, -0.2) is 30.3 Å². The molecule has 0 amide bonds. The minimum Gasteiger partial charge on any atom is -0.504 e. The fourth-order valence-electron chi connectivity index (χ4n) is 2.34. The molecule has 0 radical (unpaired) electrons. The molecule has 2 aromatic rings. The number of hydrogen-bond donors (Lipinski definition) is 4. The highest BCUT2D eigenvalue weighted by molar-refractivity contribution is 7.89. The van der Waals surface area contributed by atoms with Gasteiger partial charge in [0.25, 0.3) is 0 Å². The van der Waals surface area contributed by atoms with Gasteiger partial charge in [-0.3, -0.25) is 0 Å². The van der Waals surface area contributed by atoms with Gasteiger partial charge in [-0.25, -0.2) is 13.1 Å². The maximum absolute atomic E-state index is 12.4. The number of benzene rings is 2. The van der Waals surface area contributed by atoms with Crippen LogP contribution in [0, 0.1) is 0 Å². The topological polar surface area (TPSA) is 107 Å². The van der Waals surface area contributed by atoms with Crippen LogP contribution in [0.1, 0.15) is 30.9 Å². The fraction of sp³-hybridized carbons (Fsp3) is 0.294. The van der Waals surface area contributed by atoms with Crippen molar-refractivity contribution in [1.29, 1.82) is 0 Å². The average molecular weight is 351 g/mol. The number of rotatable bonds is 6. The number of sulfonamides is 1. The standard InChI is InChI=1S/C17H21NO5S/c1-11(2)13-10-14(16(20)17(21)15(13)19)24(22,23)18-9-8-12-6-4-3-5-7-12/h3-7,10-11,18-21H,8-9H2,1-2H3. The summed E-state index contributed by atoms with van der Waals surface area (Å²) in [6.45, 7) is 3.62. The number of aromatic hydroxyl groups is 3. The molecule has 0 spiro atoms. The fourth-order valence-corrected chi connectivity index (χ4v) is 3.50. The summed E-state index contributed by atoms with van der Waals surface area (Å²) >= 11 is 0. The van der Waals surface area contributed by atoms with E-state index in [4.69, 9.17) is 0 Å². The first-order chi connectivity index (χ1) is 11.2. The smallest absolute Gasteiger partial charge is 0.244 e. The van der Waals surface area contributed by atoms with Crippen LogP contribution in [0.25, 0.3) is 0 Å². The highest BCUT2D eigenvalue weighted by Crippen LogP contribution is 2.44. The zero-order valence-corrected chi connectivity index (χ0v) is 14.3. The minimum absolute atomic E-state index is 0.143. The molecule has 2 rings (SSSR count). The van der Waals surface area contributed by atoms with E-state index in [0.29, 0.717) is 6.42 Å². The van der Waals surface area contributed by atoms with Gasteiger partial charge in [-0.1, -0.05) is 44.2 Å². The highest BCUT2D eigenvalue weighted by atomic mass is 32.2. The predicted molar refractivity (Wildman–Crippen MR) is 90.9 cm³/mol. The van der Waals surface area contributed by atoms with Gasteiger partial charge in [-0.2, -0.15) is 0 Å². The largest absolute Gasteiger partial charge is 0.504 e. The van der Waals surface area contributed by atoms with Crippen molar-refractivity contribution in [1.82, 2.24) is 4.72 Å². The second kappa shape index (κ2) is 7.11. The Bertz CT molecular complexity index is 817. The van der Waals surface area contributed by atoms with Gasteiger partial charge >= 0.3 is 0 Å². The van der Waals surface area contributed by atoms with Crippen LogP contribution in [0.4, 0.5) is 0 Å². The van der Waals surface area contributed by atoms with Gasteiger partial charge < -0.3 is 15.3 Å². The Balaban J connectivity index is 2.25. The zero-order valence-electron chi connectivity index (χ0n) is 13.5. The molecule has 6 nitrogen and oxygen atoms in total. The molecule has 7 heteroatoms. The van der Waals surface area contributed by atoms with E-state index in [-0.39, 0.29) is 18.0 Å². The van der Waals surface area contributed by atoms with E-state index in [1.54, 1.807) is 13.8 Å². The van der Waals surface area contributed by atoms with Gasteiger partial charge in [-0.05, 0) is 24.0 Å². The second-order valence-corrected chi connectivity index (χ2v) is 7.53. The lowest BCUT2D eigenvalue weighted by molar-refractivity contribution is 0.356. The Morgan fingerprint density at radius 2 is 1.62 bits per heavy atom. The third-order valence-electron chi connectivity index (χ3n) is 3.70. The van der Waals surface area contributed by atoms with Crippen LogP contribution in [0.2, 0.25) is 0 Å². The van der Waals surface area contributed by atoms with E-state index in [1.165, 1.54) is 6.07 Å². The van der Waals surface area contributed by atoms with E-state index in [9.17, 15) is 23.7 Å². The van der Waals surface area contributed by atoms with Crippen molar-refractivity contribution in [2.45, 2.75) is 31.1 Å². The SMILES string of the molecule is CC(C)c1cc(S(=O)(=O)NCCc2ccccc2)c(O)c(O)c1O. The third kappa shape index (κ3) is 3.80. The molecule has 0 fully saturated rings. The minimum atomic E-state index is -4.03. The van der Waals surface area contributed by atoms with Crippen molar-refractivity contribution >= 4 is 10.0 Å². The molecular weight excluding hydrogens is 330 g/mol. The van der Waals surface area contributed by atoms with Gasteiger partial charge in [0.05, 0.1) is 0 Å². The van der Waals surface area contributed by atoms with Crippen LogP contribution in [0.5, 0.6) is 17.2 Å². The first kappa shape index (κ1) is 18.1. The summed E-state index contributed by atoms with van der Waals surface area (Å²) in [6, 6.07) is 10.5. The molecule has 0 saturated heterocycles. The molecule has 0 aliphatic rings. The second-order valence-electron chi connectivity index (χ2n) is 5.80. The summed E-state index contributed by atoms with van der Waals surface area (Å²) in [4.78, 5) is -0.449. The van der Waals surface area contributed by atoms with Gasteiger partial charge in [-0.15, -0.1) is 0 Å². The molecule has 0 unspecified atom stereocenters. The molecule has 0 heterocycles. The maximum Gasteiger partial charge on any atom is 0.244 e. The van der Waals surface area contributed by atoms with Gasteiger partial charge in [0.2, 0.25) is 15.8 Å². The monoisotopic (exact) mass is 351 g/mol. The molecule has 0 aliphatic heterocycles. The zero-order chi connectivity index (χ0) is 17.9. The molecular formula is C17H21NO5S. The maximum atomic E-state index is 12.4. The van der Waals surface area contributed by atoms with Crippen LogP contribution in [-0.2, 0) is 16.4 Å². The van der Waals surface area contributed by atoms with Crippen molar-refractivity contribution in [3.63, 3.8) is 0 Å². The van der Waals surface area contributed by atoms with E-state index in [2.05, 4.69) is 4.72 Å². The molecule has 130 valence electrons. The molecule has 4 N–H and O–H groups in total. The summed E-state index contributed by atoms with van der Waals surface area (Å²) in [5, 5.41) is 29.5. The van der Waals surface area contributed by atoms with Crippen molar-refractivity contribution < 1.29 is 23.7 Å². The van der Waals surface area contributed by atoms with Gasteiger partial charge in [0, 0.05) is 12.1 Å².